The Morgan fingerprint density at radius 1 is 1.14 bits per heavy atom. The van der Waals surface area contributed by atoms with E-state index in [2.05, 4.69) is 9.97 Å². The molecule has 0 aliphatic carbocycles. The second-order valence-electron chi connectivity index (χ2n) is 4.55. The standard InChI is InChI=1S/C16H13N3O2/c1-21-12-4-2-3-10(7-12)15-9-18-13-6-5-11(16(17)20)8-14(13)19-15/h2-9H,1H3,(H2,17,20). The zero-order valence-corrected chi connectivity index (χ0v) is 11.4. The average molecular weight is 279 g/mol. The van der Waals surface area contributed by atoms with Gasteiger partial charge in [0.05, 0.1) is 30.0 Å². The first-order valence-corrected chi connectivity index (χ1v) is 6.38. The van der Waals surface area contributed by atoms with Crippen LogP contribution < -0.4 is 10.5 Å². The van der Waals surface area contributed by atoms with Crippen LogP contribution in [0, 0.1) is 0 Å². The highest BCUT2D eigenvalue weighted by Gasteiger charge is 2.07. The quantitative estimate of drug-likeness (QED) is 0.798. The molecule has 3 rings (SSSR count). The second kappa shape index (κ2) is 5.20. The first-order valence-electron chi connectivity index (χ1n) is 6.38. The van der Waals surface area contributed by atoms with Crippen molar-refractivity contribution in [1.82, 2.24) is 9.97 Å². The zero-order chi connectivity index (χ0) is 14.8. The van der Waals surface area contributed by atoms with Gasteiger partial charge in [0.1, 0.15) is 5.75 Å². The van der Waals surface area contributed by atoms with Crippen LogP contribution in [-0.2, 0) is 0 Å². The fourth-order valence-electron chi connectivity index (χ4n) is 2.09. The topological polar surface area (TPSA) is 78.1 Å². The Bertz CT molecular complexity index is 831. The maximum atomic E-state index is 11.2. The summed E-state index contributed by atoms with van der Waals surface area (Å²) in [6, 6.07) is 12.6. The van der Waals surface area contributed by atoms with Gasteiger partial charge < -0.3 is 10.5 Å². The van der Waals surface area contributed by atoms with Crippen molar-refractivity contribution in [2.75, 3.05) is 7.11 Å². The molecule has 5 nitrogen and oxygen atoms in total. The Kier molecular flexibility index (Phi) is 3.23. The molecule has 0 unspecified atom stereocenters. The summed E-state index contributed by atoms with van der Waals surface area (Å²) >= 11 is 0. The van der Waals surface area contributed by atoms with Crippen LogP contribution in [0.1, 0.15) is 10.4 Å². The number of carbonyl (C=O) groups is 1. The summed E-state index contributed by atoms with van der Waals surface area (Å²) in [6.07, 6.45) is 1.70. The van der Waals surface area contributed by atoms with Crippen molar-refractivity contribution in [3.63, 3.8) is 0 Å². The van der Waals surface area contributed by atoms with E-state index < -0.39 is 5.91 Å². The van der Waals surface area contributed by atoms with Crippen molar-refractivity contribution in [3.8, 4) is 17.0 Å². The van der Waals surface area contributed by atoms with E-state index >= 15 is 0 Å². The van der Waals surface area contributed by atoms with E-state index in [1.165, 1.54) is 0 Å². The number of benzene rings is 2. The number of aromatic nitrogens is 2. The van der Waals surface area contributed by atoms with Gasteiger partial charge in [0, 0.05) is 11.1 Å². The van der Waals surface area contributed by atoms with Gasteiger partial charge in [0.25, 0.3) is 0 Å². The van der Waals surface area contributed by atoms with E-state index in [0.29, 0.717) is 22.3 Å². The van der Waals surface area contributed by atoms with Crippen LogP contribution in [0.2, 0.25) is 0 Å². The van der Waals surface area contributed by atoms with Gasteiger partial charge in [-0.15, -0.1) is 0 Å². The van der Waals surface area contributed by atoms with Gasteiger partial charge in [-0.1, -0.05) is 12.1 Å². The second-order valence-corrected chi connectivity index (χ2v) is 4.55. The van der Waals surface area contributed by atoms with Gasteiger partial charge in [-0.3, -0.25) is 9.78 Å². The van der Waals surface area contributed by atoms with Gasteiger partial charge in [-0.2, -0.15) is 0 Å². The normalized spacial score (nSPS) is 10.5. The molecule has 1 heterocycles. The molecule has 2 N–H and O–H groups in total. The van der Waals surface area contributed by atoms with E-state index in [9.17, 15) is 4.79 Å². The molecule has 21 heavy (non-hydrogen) atoms. The van der Waals surface area contributed by atoms with E-state index in [-0.39, 0.29) is 0 Å². The summed E-state index contributed by atoms with van der Waals surface area (Å²) in [5, 5.41) is 0. The van der Waals surface area contributed by atoms with Crippen molar-refractivity contribution >= 4 is 16.9 Å². The minimum atomic E-state index is -0.481. The molecule has 1 amide bonds. The van der Waals surface area contributed by atoms with Crippen molar-refractivity contribution in [2.24, 2.45) is 5.73 Å². The fourth-order valence-corrected chi connectivity index (χ4v) is 2.09. The van der Waals surface area contributed by atoms with Gasteiger partial charge in [-0.05, 0) is 30.3 Å². The number of primary amides is 1. The molecule has 2 aromatic carbocycles. The molecule has 3 aromatic rings. The number of rotatable bonds is 3. The summed E-state index contributed by atoms with van der Waals surface area (Å²) in [7, 11) is 1.62. The van der Waals surface area contributed by atoms with Crippen LogP contribution in [0.25, 0.3) is 22.3 Å². The van der Waals surface area contributed by atoms with Gasteiger partial charge in [0.2, 0.25) is 5.91 Å². The Labute approximate surface area is 121 Å². The van der Waals surface area contributed by atoms with Gasteiger partial charge in [0.15, 0.2) is 0 Å². The molecular weight excluding hydrogens is 266 g/mol. The summed E-state index contributed by atoms with van der Waals surface area (Å²) in [4.78, 5) is 20.1. The van der Waals surface area contributed by atoms with Crippen LogP contribution >= 0.6 is 0 Å². The average Bonchev–Trinajstić information content (AvgIpc) is 2.53. The number of nitrogens with two attached hydrogens (primary N) is 1. The maximum Gasteiger partial charge on any atom is 0.248 e. The van der Waals surface area contributed by atoms with Gasteiger partial charge >= 0.3 is 0 Å². The first-order chi connectivity index (χ1) is 10.2. The SMILES string of the molecule is COc1cccc(-c2cnc3ccc(C(N)=O)cc3n2)c1. The Morgan fingerprint density at radius 2 is 2.00 bits per heavy atom. The smallest absolute Gasteiger partial charge is 0.248 e. The van der Waals surface area contributed by atoms with Crippen molar-refractivity contribution in [3.05, 3.63) is 54.2 Å². The van der Waals surface area contributed by atoms with E-state index in [4.69, 9.17) is 10.5 Å². The molecule has 104 valence electrons. The summed E-state index contributed by atoms with van der Waals surface area (Å²) in [5.74, 6) is 0.269. The molecule has 5 heteroatoms. The lowest BCUT2D eigenvalue weighted by atomic mass is 10.1. The third-order valence-electron chi connectivity index (χ3n) is 3.19. The fraction of sp³-hybridized carbons (Fsp3) is 0.0625. The third kappa shape index (κ3) is 2.53. The van der Waals surface area contributed by atoms with Crippen LogP contribution in [0.5, 0.6) is 5.75 Å². The lowest BCUT2D eigenvalue weighted by Gasteiger charge is -2.05. The van der Waals surface area contributed by atoms with Crippen molar-refractivity contribution in [2.45, 2.75) is 0 Å². The highest BCUT2D eigenvalue weighted by Crippen LogP contribution is 2.23. The van der Waals surface area contributed by atoms with Crippen LogP contribution in [0.4, 0.5) is 0 Å². The number of methoxy groups -OCH3 is 1. The molecule has 0 aliphatic heterocycles. The molecule has 0 radical (unpaired) electrons. The highest BCUT2D eigenvalue weighted by molar-refractivity contribution is 5.96. The number of nitrogens with zero attached hydrogens (tertiary/aromatic N) is 2. The molecule has 0 saturated carbocycles. The molecule has 0 atom stereocenters. The molecule has 0 bridgehead atoms. The zero-order valence-electron chi connectivity index (χ0n) is 11.4. The third-order valence-corrected chi connectivity index (χ3v) is 3.19. The lowest BCUT2D eigenvalue weighted by molar-refractivity contribution is 0.100. The Morgan fingerprint density at radius 3 is 2.76 bits per heavy atom. The Hall–Kier alpha value is -2.95. The van der Waals surface area contributed by atoms with Gasteiger partial charge in [-0.25, -0.2) is 4.98 Å². The molecule has 0 spiro atoms. The molecule has 0 saturated heterocycles. The van der Waals surface area contributed by atoms with E-state index in [1.54, 1.807) is 31.5 Å². The summed E-state index contributed by atoms with van der Waals surface area (Å²) in [6.45, 7) is 0. The van der Waals surface area contributed by atoms with Crippen molar-refractivity contribution < 1.29 is 9.53 Å². The largest absolute Gasteiger partial charge is 0.497 e. The minimum absolute atomic E-state index is 0.416. The van der Waals surface area contributed by atoms with Crippen LogP contribution in [-0.4, -0.2) is 23.0 Å². The number of hydrogen-bond acceptors (Lipinski definition) is 4. The summed E-state index contributed by atoms with van der Waals surface area (Å²) in [5.41, 5.74) is 8.66. The minimum Gasteiger partial charge on any atom is -0.497 e. The maximum absolute atomic E-state index is 11.2. The predicted octanol–water partition coefficient (Wildman–Crippen LogP) is 2.40. The number of amides is 1. The Balaban J connectivity index is 2.12. The first kappa shape index (κ1) is 13.1. The predicted molar refractivity (Wildman–Crippen MR) is 80.0 cm³/mol. The number of carbonyl (C=O) groups excluding carboxylic acids is 1. The molecule has 0 fully saturated rings. The number of fused-ring (bicyclic) bond motifs is 1. The molecule has 0 aliphatic rings. The molecular formula is C16H13N3O2. The van der Waals surface area contributed by atoms with E-state index in [1.807, 2.05) is 24.3 Å². The molecule has 1 aromatic heterocycles. The number of hydrogen-bond donors (Lipinski definition) is 1. The van der Waals surface area contributed by atoms with Crippen LogP contribution in [0.15, 0.2) is 48.7 Å². The van der Waals surface area contributed by atoms with Crippen molar-refractivity contribution in [1.29, 1.82) is 0 Å². The van der Waals surface area contributed by atoms with E-state index in [0.717, 1.165) is 11.3 Å². The highest BCUT2D eigenvalue weighted by atomic mass is 16.5. The van der Waals surface area contributed by atoms with Crippen LogP contribution in [0.3, 0.4) is 0 Å². The monoisotopic (exact) mass is 279 g/mol. The number of ether oxygens (including phenoxy) is 1. The summed E-state index contributed by atoms with van der Waals surface area (Å²) < 4.78 is 5.21. The lowest BCUT2D eigenvalue weighted by Crippen LogP contribution is -2.10.